The van der Waals surface area contributed by atoms with Gasteiger partial charge in [0, 0.05) is 0 Å². The number of aliphatic hydroxyl groups excluding tert-OH is 1. The van der Waals surface area contributed by atoms with Crippen LogP contribution in [0.15, 0.2) is 12.7 Å². The van der Waals surface area contributed by atoms with Gasteiger partial charge in [0.2, 0.25) is 0 Å². The van der Waals surface area contributed by atoms with Crippen molar-refractivity contribution in [1.29, 1.82) is 0 Å². The van der Waals surface area contributed by atoms with Crippen LogP contribution in [0.2, 0.25) is 0 Å². The van der Waals surface area contributed by atoms with Crippen LogP contribution >= 0.6 is 0 Å². The summed E-state index contributed by atoms with van der Waals surface area (Å²) in [6.45, 7) is 5.81. The summed E-state index contributed by atoms with van der Waals surface area (Å²) in [5.41, 5.74) is 0. The third-order valence-electron chi connectivity index (χ3n) is 2.08. The summed E-state index contributed by atoms with van der Waals surface area (Å²) in [5, 5.41) is 9.33. The second-order valence-electron chi connectivity index (χ2n) is 3.38. The van der Waals surface area contributed by atoms with Gasteiger partial charge in [0.25, 0.3) is 0 Å². The molecule has 0 amide bonds. The van der Waals surface area contributed by atoms with E-state index in [-0.39, 0.29) is 6.10 Å². The Morgan fingerprint density at radius 3 is 2.50 bits per heavy atom. The molecule has 0 rings (SSSR count). The van der Waals surface area contributed by atoms with Crippen LogP contribution in [0, 0.1) is 0 Å². The summed E-state index contributed by atoms with van der Waals surface area (Å²) in [7, 11) is 0. The van der Waals surface area contributed by atoms with Crippen molar-refractivity contribution >= 4 is 0 Å². The van der Waals surface area contributed by atoms with Gasteiger partial charge in [0.05, 0.1) is 6.10 Å². The normalized spacial score (nSPS) is 12.8. The molecule has 0 saturated heterocycles. The summed E-state index contributed by atoms with van der Waals surface area (Å²) < 4.78 is 0. The molecule has 0 spiro atoms. The van der Waals surface area contributed by atoms with E-state index in [1.165, 1.54) is 25.7 Å². The fraction of sp³-hybridized carbons (Fsp3) is 0.818. The van der Waals surface area contributed by atoms with Crippen molar-refractivity contribution < 1.29 is 5.11 Å². The van der Waals surface area contributed by atoms with E-state index in [1.807, 2.05) is 0 Å². The zero-order chi connectivity index (χ0) is 9.23. The van der Waals surface area contributed by atoms with Crippen LogP contribution in [0.1, 0.15) is 51.9 Å². The van der Waals surface area contributed by atoms with Crippen LogP contribution in [0.25, 0.3) is 0 Å². The topological polar surface area (TPSA) is 20.2 Å². The molecule has 0 aromatic heterocycles. The Morgan fingerprint density at radius 2 is 1.92 bits per heavy atom. The lowest BCUT2D eigenvalue weighted by atomic mass is 10.1. The van der Waals surface area contributed by atoms with Crippen LogP contribution in [0.3, 0.4) is 0 Å². The molecule has 72 valence electrons. The summed E-state index contributed by atoms with van der Waals surface area (Å²) in [6.07, 6.45) is 9.69. The maximum atomic E-state index is 9.33. The van der Waals surface area contributed by atoms with Crippen LogP contribution in [-0.2, 0) is 0 Å². The number of rotatable bonds is 8. The molecule has 0 aliphatic carbocycles. The molecule has 1 atom stereocenters. The maximum absolute atomic E-state index is 9.33. The van der Waals surface area contributed by atoms with E-state index in [2.05, 4.69) is 13.5 Å². The molecule has 0 radical (unpaired) electrons. The van der Waals surface area contributed by atoms with Gasteiger partial charge in [0.1, 0.15) is 0 Å². The monoisotopic (exact) mass is 170 g/mol. The minimum absolute atomic E-state index is 0.149. The zero-order valence-corrected chi connectivity index (χ0v) is 8.26. The van der Waals surface area contributed by atoms with Gasteiger partial charge in [0.15, 0.2) is 0 Å². The fourth-order valence-corrected chi connectivity index (χ4v) is 1.29. The second kappa shape index (κ2) is 8.79. The Labute approximate surface area is 76.5 Å². The van der Waals surface area contributed by atoms with Crippen molar-refractivity contribution in [2.75, 3.05) is 0 Å². The van der Waals surface area contributed by atoms with E-state index < -0.39 is 0 Å². The van der Waals surface area contributed by atoms with Gasteiger partial charge < -0.3 is 5.11 Å². The standard InChI is InChI=1S/C11H22O/c1-3-5-6-7-8-10-11(12)9-4-2/h4,11-12H,2-3,5-10H2,1H3/t11-/m1/s1. The highest BCUT2D eigenvalue weighted by Gasteiger charge is 1.99. The molecule has 0 aromatic carbocycles. The highest BCUT2D eigenvalue weighted by Crippen LogP contribution is 2.08. The molecule has 0 aromatic rings. The highest BCUT2D eigenvalue weighted by molar-refractivity contribution is 4.71. The van der Waals surface area contributed by atoms with E-state index in [0.717, 1.165) is 19.3 Å². The molecule has 0 fully saturated rings. The average molecular weight is 170 g/mol. The molecule has 1 heteroatoms. The smallest absolute Gasteiger partial charge is 0.0574 e. The van der Waals surface area contributed by atoms with Crippen molar-refractivity contribution in [2.24, 2.45) is 0 Å². The predicted molar refractivity (Wildman–Crippen MR) is 54.2 cm³/mol. The van der Waals surface area contributed by atoms with Gasteiger partial charge in [-0.25, -0.2) is 0 Å². The van der Waals surface area contributed by atoms with Crippen molar-refractivity contribution in [1.82, 2.24) is 0 Å². The minimum atomic E-state index is -0.149. The molecule has 12 heavy (non-hydrogen) atoms. The summed E-state index contributed by atoms with van der Waals surface area (Å²) in [5.74, 6) is 0. The van der Waals surface area contributed by atoms with E-state index in [4.69, 9.17) is 0 Å². The van der Waals surface area contributed by atoms with Crippen LogP contribution in [0.4, 0.5) is 0 Å². The second-order valence-corrected chi connectivity index (χ2v) is 3.38. The lowest BCUT2D eigenvalue weighted by Crippen LogP contribution is -2.03. The third-order valence-corrected chi connectivity index (χ3v) is 2.08. The Kier molecular flexibility index (Phi) is 8.57. The van der Waals surface area contributed by atoms with Gasteiger partial charge in [-0.1, -0.05) is 45.1 Å². The number of hydrogen-bond donors (Lipinski definition) is 1. The molecular weight excluding hydrogens is 148 g/mol. The van der Waals surface area contributed by atoms with Crippen LogP contribution in [-0.4, -0.2) is 11.2 Å². The van der Waals surface area contributed by atoms with Crippen LogP contribution < -0.4 is 0 Å². The number of unbranched alkanes of at least 4 members (excludes halogenated alkanes) is 4. The average Bonchev–Trinajstić information content (AvgIpc) is 2.05. The van der Waals surface area contributed by atoms with E-state index in [9.17, 15) is 5.11 Å². The lowest BCUT2D eigenvalue weighted by molar-refractivity contribution is 0.164. The SMILES string of the molecule is C=CC[C@@H](O)CCCCCCC. The first-order chi connectivity index (χ1) is 5.81. The van der Waals surface area contributed by atoms with Gasteiger partial charge in [-0.15, -0.1) is 6.58 Å². The zero-order valence-electron chi connectivity index (χ0n) is 8.26. The van der Waals surface area contributed by atoms with Gasteiger partial charge in [-0.05, 0) is 12.8 Å². The Bertz CT molecular complexity index is 99.2. The molecule has 1 nitrogen and oxygen atoms in total. The summed E-state index contributed by atoms with van der Waals surface area (Å²) in [4.78, 5) is 0. The highest BCUT2D eigenvalue weighted by atomic mass is 16.3. The Morgan fingerprint density at radius 1 is 1.25 bits per heavy atom. The Balaban J connectivity index is 3.02. The first-order valence-electron chi connectivity index (χ1n) is 5.10. The van der Waals surface area contributed by atoms with Crippen molar-refractivity contribution in [3.63, 3.8) is 0 Å². The molecule has 0 aliphatic rings. The molecule has 0 aliphatic heterocycles. The number of hydrogen-bond acceptors (Lipinski definition) is 1. The van der Waals surface area contributed by atoms with Crippen LogP contribution in [0.5, 0.6) is 0 Å². The molecule has 0 saturated carbocycles. The van der Waals surface area contributed by atoms with Gasteiger partial charge in [-0.2, -0.15) is 0 Å². The quantitative estimate of drug-likeness (QED) is 0.438. The van der Waals surface area contributed by atoms with E-state index in [1.54, 1.807) is 6.08 Å². The predicted octanol–water partition coefficient (Wildman–Crippen LogP) is 3.28. The molecule has 0 heterocycles. The van der Waals surface area contributed by atoms with E-state index >= 15 is 0 Å². The molecule has 1 N–H and O–H groups in total. The maximum Gasteiger partial charge on any atom is 0.0574 e. The largest absolute Gasteiger partial charge is 0.393 e. The minimum Gasteiger partial charge on any atom is -0.393 e. The third kappa shape index (κ3) is 7.80. The van der Waals surface area contributed by atoms with E-state index in [0.29, 0.717) is 0 Å². The van der Waals surface area contributed by atoms with Gasteiger partial charge in [-0.3, -0.25) is 0 Å². The van der Waals surface area contributed by atoms with Crippen molar-refractivity contribution in [3.8, 4) is 0 Å². The molecule has 0 unspecified atom stereocenters. The van der Waals surface area contributed by atoms with Crippen molar-refractivity contribution in [3.05, 3.63) is 12.7 Å². The Hall–Kier alpha value is -0.300. The summed E-state index contributed by atoms with van der Waals surface area (Å²) >= 11 is 0. The first-order valence-corrected chi connectivity index (χ1v) is 5.10. The van der Waals surface area contributed by atoms with Gasteiger partial charge >= 0.3 is 0 Å². The lowest BCUT2D eigenvalue weighted by Gasteiger charge is -2.06. The molecule has 0 bridgehead atoms. The van der Waals surface area contributed by atoms with Crippen molar-refractivity contribution in [2.45, 2.75) is 58.0 Å². The molecular formula is C11H22O. The first kappa shape index (κ1) is 11.7. The number of aliphatic hydroxyl groups is 1. The fourth-order valence-electron chi connectivity index (χ4n) is 1.29. The summed E-state index contributed by atoms with van der Waals surface area (Å²) in [6, 6.07) is 0.